The molecule has 0 spiro atoms. The highest BCUT2D eigenvalue weighted by Gasteiger charge is 2.23. The van der Waals surface area contributed by atoms with Crippen molar-refractivity contribution in [2.24, 2.45) is 12.0 Å². The Morgan fingerprint density at radius 1 is 1.28 bits per heavy atom. The zero-order valence-electron chi connectivity index (χ0n) is 16.2. The van der Waals surface area contributed by atoms with E-state index in [-0.39, 0.29) is 11.9 Å². The van der Waals surface area contributed by atoms with Gasteiger partial charge in [0.2, 0.25) is 5.91 Å². The van der Waals surface area contributed by atoms with E-state index in [9.17, 15) is 4.79 Å². The fraction of sp³-hybridized carbons (Fsp3) is 0.722. The van der Waals surface area contributed by atoms with Crippen molar-refractivity contribution in [1.82, 2.24) is 25.3 Å². The molecule has 0 saturated carbocycles. The molecule has 7 heteroatoms. The molecule has 1 aliphatic rings. The second kappa shape index (κ2) is 8.87. The molecule has 1 saturated heterocycles. The van der Waals surface area contributed by atoms with Crippen LogP contribution in [-0.4, -0.2) is 52.7 Å². The topological polar surface area (TPSA) is 74.5 Å². The molecule has 1 aliphatic heterocycles. The summed E-state index contributed by atoms with van der Waals surface area (Å²) in [5.41, 5.74) is 3.61. The Balaban J connectivity index is 2.11. The normalized spacial score (nSPS) is 18.6. The van der Waals surface area contributed by atoms with Crippen molar-refractivity contribution in [2.75, 3.05) is 20.1 Å². The molecule has 1 aromatic rings. The van der Waals surface area contributed by atoms with Crippen LogP contribution >= 0.6 is 0 Å². The van der Waals surface area contributed by atoms with Gasteiger partial charge in [0.15, 0.2) is 5.96 Å². The fourth-order valence-corrected chi connectivity index (χ4v) is 3.37. The first-order chi connectivity index (χ1) is 12.0. The molecule has 1 fully saturated rings. The molecule has 2 heterocycles. The molecule has 1 amide bonds. The van der Waals surface area contributed by atoms with E-state index in [0.717, 1.165) is 44.0 Å². The van der Waals surface area contributed by atoms with E-state index in [0.29, 0.717) is 13.0 Å². The Kier molecular flexibility index (Phi) is 6.84. The van der Waals surface area contributed by atoms with Crippen molar-refractivity contribution in [3.8, 4) is 0 Å². The first kappa shape index (κ1) is 19.3. The van der Waals surface area contributed by atoms with Crippen molar-refractivity contribution in [2.45, 2.75) is 59.0 Å². The highest BCUT2D eigenvalue weighted by Crippen LogP contribution is 2.16. The van der Waals surface area contributed by atoms with E-state index in [1.165, 1.54) is 11.3 Å². The van der Waals surface area contributed by atoms with Crippen molar-refractivity contribution >= 4 is 11.9 Å². The number of aromatic nitrogens is 2. The van der Waals surface area contributed by atoms with E-state index in [1.807, 2.05) is 18.8 Å². The van der Waals surface area contributed by atoms with E-state index in [2.05, 4.69) is 36.5 Å². The van der Waals surface area contributed by atoms with Crippen LogP contribution in [0.3, 0.4) is 0 Å². The van der Waals surface area contributed by atoms with Crippen LogP contribution in [0.4, 0.5) is 0 Å². The number of rotatable bonds is 6. The monoisotopic (exact) mass is 348 g/mol. The molecule has 0 aliphatic carbocycles. The number of carbonyl (C=O) groups excluding carboxylic acids is 1. The van der Waals surface area contributed by atoms with Crippen molar-refractivity contribution in [1.29, 1.82) is 0 Å². The molecular formula is C18H32N6O. The second-order valence-electron chi connectivity index (χ2n) is 6.55. The van der Waals surface area contributed by atoms with Crippen LogP contribution in [0.1, 0.15) is 50.6 Å². The lowest BCUT2D eigenvalue weighted by atomic mass is 10.1. The van der Waals surface area contributed by atoms with Crippen molar-refractivity contribution in [3.63, 3.8) is 0 Å². The van der Waals surface area contributed by atoms with Gasteiger partial charge in [-0.3, -0.25) is 9.48 Å². The van der Waals surface area contributed by atoms with Gasteiger partial charge >= 0.3 is 0 Å². The molecule has 1 atom stereocenters. The Labute approximate surface area is 150 Å². The second-order valence-corrected chi connectivity index (χ2v) is 6.55. The van der Waals surface area contributed by atoms with Crippen molar-refractivity contribution in [3.05, 3.63) is 17.0 Å². The average Bonchev–Trinajstić information content (AvgIpc) is 2.91. The maximum absolute atomic E-state index is 11.6. The third kappa shape index (κ3) is 4.74. The Morgan fingerprint density at radius 2 is 2.04 bits per heavy atom. The third-order valence-corrected chi connectivity index (χ3v) is 4.73. The quantitative estimate of drug-likeness (QED) is 0.599. The molecule has 2 N–H and O–H groups in total. The number of nitrogens with one attached hydrogen (secondary N) is 2. The molecule has 0 bridgehead atoms. The summed E-state index contributed by atoms with van der Waals surface area (Å²) < 4.78 is 1.98. The lowest BCUT2D eigenvalue weighted by Crippen LogP contribution is -2.51. The van der Waals surface area contributed by atoms with Crippen LogP contribution in [0.25, 0.3) is 0 Å². The predicted molar refractivity (Wildman–Crippen MR) is 101 cm³/mol. The minimum atomic E-state index is 0.218. The zero-order chi connectivity index (χ0) is 18.4. The van der Waals surface area contributed by atoms with Crippen LogP contribution in [0.5, 0.6) is 0 Å². The first-order valence-corrected chi connectivity index (χ1v) is 9.32. The average molecular weight is 348 g/mol. The Bertz CT molecular complexity index is 621. The van der Waals surface area contributed by atoms with Gasteiger partial charge in [0.1, 0.15) is 0 Å². The number of likely N-dealkylation sites (tertiary alicyclic amines) is 1. The van der Waals surface area contributed by atoms with E-state index < -0.39 is 0 Å². The number of piperidine rings is 1. The zero-order valence-corrected chi connectivity index (χ0v) is 16.2. The summed E-state index contributed by atoms with van der Waals surface area (Å²) in [6.45, 7) is 8.50. The SMILES string of the molecule is CCNC(=NCc1c(CC)nn(C)c1CC)NC1CCC(=O)N(C)C1. The molecule has 140 valence electrons. The number of aryl methyl sites for hydroxylation is 2. The minimum Gasteiger partial charge on any atom is -0.357 e. The van der Waals surface area contributed by atoms with Gasteiger partial charge in [-0.15, -0.1) is 0 Å². The number of guanidine groups is 1. The number of carbonyl (C=O) groups is 1. The van der Waals surface area contributed by atoms with Gasteiger partial charge < -0.3 is 15.5 Å². The van der Waals surface area contributed by atoms with Crippen LogP contribution in [-0.2, 0) is 31.2 Å². The number of aliphatic imine (C=N–C) groups is 1. The summed E-state index contributed by atoms with van der Waals surface area (Å²) in [5.74, 6) is 1.03. The molecule has 1 aromatic heterocycles. The number of nitrogens with zero attached hydrogens (tertiary/aromatic N) is 4. The summed E-state index contributed by atoms with van der Waals surface area (Å²) in [5, 5.41) is 11.4. The minimum absolute atomic E-state index is 0.218. The third-order valence-electron chi connectivity index (χ3n) is 4.73. The summed E-state index contributed by atoms with van der Waals surface area (Å²) >= 11 is 0. The largest absolute Gasteiger partial charge is 0.357 e. The lowest BCUT2D eigenvalue weighted by molar-refractivity contribution is -0.132. The fourth-order valence-electron chi connectivity index (χ4n) is 3.37. The molecule has 2 rings (SSSR count). The molecule has 1 unspecified atom stereocenters. The highest BCUT2D eigenvalue weighted by atomic mass is 16.2. The predicted octanol–water partition coefficient (Wildman–Crippen LogP) is 1.22. The van der Waals surface area contributed by atoms with Gasteiger partial charge in [-0.1, -0.05) is 13.8 Å². The van der Waals surface area contributed by atoms with Gasteiger partial charge in [0.05, 0.1) is 12.2 Å². The molecule has 7 nitrogen and oxygen atoms in total. The standard InChI is InChI=1S/C18H32N6O/c1-6-15-14(16(7-2)24(5)22-15)11-20-18(19-8-3)21-13-9-10-17(25)23(4)12-13/h13H,6-12H2,1-5H3,(H2,19,20,21). The summed E-state index contributed by atoms with van der Waals surface area (Å²) in [4.78, 5) is 18.2. The first-order valence-electron chi connectivity index (χ1n) is 9.32. The lowest BCUT2D eigenvalue weighted by Gasteiger charge is -2.31. The maximum Gasteiger partial charge on any atom is 0.222 e. The molecule has 25 heavy (non-hydrogen) atoms. The van der Waals surface area contributed by atoms with Gasteiger partial charge in [0, 0.05) is 50.9 Å². The Hall–Kier alpha value is -2.05. The van der Waals surface area contributed by atoms with Gasteiger partial charge in [-0.2, -0.15) is 5.10 Å². The van der Waals surface area contributed by atoms with Crippen LogP contribution < -0.4 is 10.6 Å². The van der Waals surface area contributed by atoms with E-state index in [4.69, 9.17) is 4.99 Å². The van der Waals surface area contributed by atoms with Gasteiger partial charge in [-0.25, -0.2) is 4.99 Å². The maximum atomic E-state index is 11.6. The highest BCUT2D eigenvalue weighted by molar-refractivity contribution is 5.81. The van der Waals surface area contributed by atoms with Gasteiger partial charge in [-0.05, 0) is 26.2 Å². The number of likely N-dealkylation sites (N-methyl/N-ethyl adjacent to an activating group) is 1. The Morgan fingerprint density at radius 3 is 2.64 bits per heavy atom. The van der Waals surface area contributed by atoms with E-state index in [1.54, 1.807) is 4.90 Å². The summed E-state index contributed by atoms with van der Waals surface area (Å²) in [6.07, 6.45) is 3.31. The van der Waals surface area contributed by atoms with Crippen LogP contribution in [0.2, 0.25) is 0 Å². The smallest absolute Gasteiger partial charge is 0.222 e. The number of hydrogen-bond donors (Lipinski definition) is 2. The van der Waals surface area contributed by atoms with Crippen LogP contribution in [0.15, 0.2) is 4.99 Å². The molecular weight excluding hydrogens is 316 g/mol. The molecule has 0 radical (unpaired) electrons. The number of hydrogen-bond acceptors (Lipinski definition) is 3. The van der Waals surface area contributed by atoms with Gasteiger partial charge in [0.25, 0.3) is 0 Å². The van der Waals surface area contributed by atoms with Crippen LogP contribution in [0, 0.1) is 0 Å². The molecule has 0 aromatic carbocycles. The summed E-state index contributed by atoms with van der Waals surface area (Å²) in [7, 11) is 3.86. The van der Waals surface area contributed by atoms with E-state index >= 15 is 0 Å². The summed E-state index contributed by atoms with van der Waals surface area (Å²) in [6, 6.07) is 0.241. The van der Waals surface area contributed by atoms with Crippen molar-refractivity contribution < 1.29 is 4.79 Å². The number of amides is 1.